The molecule has 0 saturated heterocycles. The summed E-state index contributed by atoms with van der Waals surface area (Å²) in [5.74, 6) is -0.202. The van der Waals surface area contributed by atoms with Crippen molar-refractivity contribution in [2.45, 2.75) is 9.79 Å². The molecule has 1 aliphatic heterocycles. The van der Waals surface area contributed by atoms with Crippen LogP contribution >= 0.6 is 0 Å². The van der Waals surface area contributed by atoms with Crippen molar-refractivity contribution in [1.82, 2.24) is 9.97 Å². The molecule has 0 radical (unpaired) electrons. The van der Waals surface area contributed by atoms with Gasteiger partial charge in [0, 0.05) is 27.9 Å². The second-order valence-corrected chi connectivity index (χ2v) is 10.1. The van der Waals surface area contributed by atoms with E-state index >= 15 is 0 Å². The number of hydrogen-bond donors (Lipinski definition) is 2. The normalized spacial score (nSPS) is 13.8. The van der Waals surface area contributed by atoms with Gasteiger partial charge in [-0.25, -0.2) is 13.4 Å². The highest BCUT2D eigenvalue weighted by Gasteiger charge is 2.35. The van der Waals surface area contributed by atoms with Crippen molar-refractivity contribution < 1.29 is 18.0 Å². The van der Waals surface area contributed by atoms with E-state index in [4.69, 9.17) is 0 Å². The number of nitrogens with one attached hydrogen (secondary N) is 2. The number of imidazole rings is 1. The minimum absolute atomic E-state index is 0.0476. The van der Waals surface area contributed by atoms with Crippen LogP contribution in [0.15, 0.2) is 101 Å². The fourth-order valence-electron chi connectivity index (χ4n) is 4.26. The number of fused-ring (bicyclic) bond motifs is 3. The number of carbonyl (C=O) groups is 2. The van der Waals surface area contributed by atoms with Crippen molar-refractivity contribution >= 4 is 38.2 Å². The Labute approximate surface area is 200 Å². The lowest BCUT2D eigenvalue weighted by Crippen LogP contribution is -2.21. The van der Waals surface area contributed by atoms with Crippen LogP contribution in [0.5, 0.6) is 0 Å². The summed E-state index contributed by atoms with van der Waals surface area (Å²) in [7, 11) is -3.93. The van der Waals surface area contributed by atoms with E-state index < -0.39 is 15.7 Å². The minimum Gasteiger partial charge on any atom is -0.338 e. The van der Waals surface area contributed by atoms with Gasteiger partial charge in [-0.05, 0) is 54.6 Å². The zero-order valence-electron chi connectivity index (χ0n) is 18.1. The molecule has 1 aliphatic rings. The van der Waals surface area contributed by atoms with E-state index in [1.54, 1.807) is 30.3 Å². The number of amides is 1. The molecular weight excluding hydrogens is 462 g/mol. The Bertz CT molecular complexity index is 1750. The van der Waals surface area contributed by atoms with Gasteiger partial charge in [-0.1, -0.05) is 36.4 Å². The molecule has 5 aromatic rings. The molecule has 170 valence electrons. The lowest BCUT2D eigenvalue weighted by Gasteiger charge is -2.19. The van der Waals surface area contributed by atoms with E-state index in [0.717, 1.165) is 16.6 Å². The molecule has 0 unspecified atom stereocenters. The third-order valence-electron chi connectivity index (χ3n) is 5.98. The number of para-hydroxylation sites is 2. The zero-order chi connectivity index (χ0) is 24.2. The molecule has 35 heavy (non-hydrogen) atoms. The summed E-state index contributed by atoms with van der Waals surface area (Å²) in [6.45, 7) is 0. The Kier molecular flexibility index (Phi) is 4.65. The van der Waals surface area contributed by atoms with Gasteiger partial charge in [-0.15, -0.1) is 0 Å². The van der Waals surface area contributed by atoms with Gasteiger partial charge in [0.25, 0.3) is 5.91 Å². The number of aromatic nitrogens is 2. The maximum atomic E-state index is 13.2. The molecule has 0 aliphatic carbocycles. The van der Waals surface area contributed by atoms with E-state index in [-0.39, 0.29) is 32.3 Å². The first-order valence-electron chi connectivity index (χ1n) is 10.8. The van der Waals surface area contributed by atoms with Gasteiger partial charge in [-0.3, -0.25) is 9.59 Å². The molecule has 0 bridgehead atoms. The summed E-state index contributed by atoms with van der Waals surface area (Å²) in [6, 6.07) is 25.1. The predicted molar refractivity (Wildman–Crippen MR) is 131 cm³/mol. The summed E-state index contributed by atoms with van der Waals surface area (Å²) in [4.78, 5) is 33.5. The van der Waals surface area contributed by atoms with E-state index in [9.17, 15) is 18.0 Å². The molecule has 1 amide bonds. The topological polar surface area (TPSA) is 109 Å². The van der Waals surface area contributed by atoms with E-state index in [1.807, 2.05) is 30.3 Å². The van der Waals surface area contributed by atoms with Crippen molar-refractivity contribution in [3.05, 3.63) is 108 Å². The Balaban J connectivity index is 1.32. The monoisotopic (exact) mass is 479 g/mol. The first kappa shape index (κ1) is 21.0. The van der Waals surface area contributed by atoms with Gasteiger partial charge in [0.1, 0.15) is 5.82 Å². The number of nitrogens with zero attached hydrogens (tertiary/aromatic N) is 1. The largest absolute Gasteiger partial charge is 0.338 e. The first-order valence-corrected chi connectivity index (χ1v) is 12.3. The average Bonchev–Trinajstić information content (AvgIpc) is 3.32. The number of benzene rings is 4. The van der Waals surface area contributed by atoms with Crippen molar-refractivity contribution in [2.75, 3.05) is 5.32 Å². The summed E-state index contributed by atoms with van der Waals surface area (Å²) in [5, 5.41) is 2.81. The predicted octanol–water partition coefficient (Wildman–Crippen LogP) is 4.86. The van der Waals surface area contributed by atoms with E-state index in [0.29, 0.717) is 11.5 Å². The van der Waals surface area contributed by atoms with Crippen LogP contribution in [0.4, 0.5) is 5.69 Å². The van der Waals surface area contributed by atoms with Crippen LogP contribution in [0.3, 0.4) is 0 Å². The Morgan fingerprint density at radius 2 is 1.57 bits per heavy atom. The summed E-state index contributed by atoms with van der Waals surface area (Å²) >= 11 is 0. The van der Waals surface area contributed by atoms with Crippen molar-refractivity contribution in [1.29, 1.82) is 0 Å². The number of ketones is 1. The molecule has 0 spiro atoms. The maximum absolute atomic E-state index is 13.2. The Morgan fingerprint density at radius 1 is 0.800 bits per heavy atom. The third-order valence-corrected chi connectivity index (χ3v) is 7.83. The van der Waals surface area contributed by atoms with E-state index in [1.165, 1.54) is 30.3 Å². The molecule has 0 saturated carbocycles. The van der Waals surface area contributed by atoms with Crippen molar-refractivity contribution in [3.63, 3.8) is 0 Å². The van der Waals surface area contributed by atoms with Gasteiger partial charge >= 0.3 is 0 Å². The smallest absolute Gasteiger partial charge is 0.255 e. The summed E-state index contributed by atoms with van der Waals surface area (Å²) in [5.41, 5.74) is 3.39. The number of rotatable bonds is 3. The average molecular weight is 480 g/mol. The molecular formula is C27H17N3O4S. The molecule has 4 aromatic carbocycles. The van der Waals surface area contributed by atoms with Crippen LogP contribution < -0.4 is 5.32 Å². The number of carbonyl (C=O) groups excluding carboxylic acids is 2. The standard InChI is InChI=1S/C27H17N3O4S/c31-25-19-8-1-4-11-23(19)35(33,34)24-15-17(12-13-20(24)25)27(32)28-18-7-5-6-16(14-18)26-29-21-9-2-3-10-22(21)30-26/h1-15H,(H,28,32)(H,29,30). The molecule has 1 aromatic heterocycles. The van der Waals surface area contributed by atoms with Crippen LogP contribution in [0.1, 0.15) is 26.3 Å². The highest BCUT2D eigenvalue weighted by atomic mass is 32.2. The summed E-state index contributed by atoms with van der Waals surface area (Å²) in [6.07, 6.45) is 0. The van der Waals surface area contributed by atoms with Gasteiger partial charge in [-0.2, -0.15) is 0 Å². The van der Waals surface area contributed by atoms with Crippen LogP contribution in [-0.2, 0) is 9.84 Å². The van der Waals surface area contributed by atoms with Crippen molar-refractivity contribution in [2.24, 2.45) is 0 Å². The Hall–Kier alpha value is -4.56. The number of sulfone groups is 1. The highest BCUT2D eigenvalue weighted by molar-refractivity contribution is 7.91. The van der Waals surface area contributed by atoms with Gasteiger partial charge < -0.3 is 10.3 Å². The Morgan fingerprint density at radius 3 is 2.43 bits per heavy atom. The molecule has 2 N–H and O–H groups in total. The zero-order valence-corrected chi connectivity index (χ0v) is 19.0. The van der Waals surface area contributed by atoms with Gasteiger partial charge in [0.05, 0.1) is 20.8 Å². The fraction of sp³-hybridized carbons (Fsp3) is 0. The first-order chi connectivity index (χ1) is 16.9. The van der Waals surface area contributed by atoms with Crippen molar-refractivity contribution in [3.8, 4) is 11.4 Å². The second kappa shape index (κ2) is 7.75. The van der Waals surface area contributed by atoms with Crippen LogP contribution in [0.25, 0.3) is 22.4 Å². The lowest BCUT2D eigenvalue weighted by molar-refractivity contribution is 0.101. The number of hydrogen-bond acceptors (Lipinski definition) is 5. The second-order valence-electron chi connectivity index (χ2n) is 8.18. The van der Waals surface area contributed by atoms with Crippen LogP contribution in [0, 0.1) is 0 Å². The molecule has 7 nitrogen and oxygen atoms in total. The molecule has 8 heteroatoms. The van der Waals surface area contributed by atoms with Crippen LogP contribution in [0.2, 0.25) is 0 Å². The molecule has 2 heterocycles. The third kappa shape index (κ3) is 3.43. The van der Waals surface area contributed by atoms with Gasteiger partial charge in [0.2, 0.25) is 9.84 Å². The summed E-state index contributed by atoms with van der Waals surface area (Å²) < 4.78 is 26.3. The molecule has 0 fully saturated rings. The number of anilines is 1. The van der Waals surface area contributed by atoms with Crippen LogP contribution in [-0.4, -0.2) is 30.1 Å². The maximum Gasteiger partial charge on any atom is 0.255 e. The SMILES string of the molecule is O=C(Nc1cccc(-c2nc3ccccc3[nH]2)c1)c1ccc2c(c1)S(=O)(=O)c1ccccc1C2=O. The highest BCUT2D eigenvalue weighted by Crippen LogP contribution is 2.35. The quantitative estimate of drug-likeness (QED) is 0.377. The van der Waals surface area contributed by atoms with E-state index in [2.05, 4.69) is 15.3 Å². The molecule has 6 rings (SSSR count). The number of H-pyrrole nitrogens is 1. The fourth-order valence-corrected chi connectivity index (χ4v) is 5.94. The molecule has 0 atom stereocenters. The minimum atomic E-state index is -3.93. The lowest BCUT2D eigenvalue weighted by atomic mass is 10.0. The van der Waals surface area contributed by atoms with Gasteiger partial charge in [0.15, 0.2) is 5.78 Å². The number of aromatic amines is 1.